The Morgan fingerprint density at radius 3 is 2.44 bits per heavy atom. The largest absolute Gasteiger partial charge is 0.372 e. The van der Waals surface area contributed by atoms with E-state index >= 15 is 0 Å². The summed E-state index contributed by atoms with van der Waals surface area (Å²) in [5.74, 6) is 0.259. The van der Waals surface area contributed by atoms with E-state index in [1.807, 2.05) is 18.7 Å². The molecule has 5 heteroatoms. The van der Waals surface area contributed by atoms with Crippen LogP contribution in [0.2, 0.25) is 0 Å². The second-order valence-corrected chi connectivity index (χ2v) is 4.65. The first-order chi connectivity index (χ1) is 7.16. The van der Waals surface area contributed by atoms with E-state index in [0.717, 1.165) is 32.5 Å². The summed E-state index contributed by atoms with van der Waals surface area (Å²) >= 11 is 0. The number of halogens is 1. The van der Waals surface area contributed by atoms with Gasteiger partial charge in [-0.3, -0.25) is 4.79 Å². The van der Waals surface area contributed by atoms with Crippen LogP contribution in [0.15, 0.2) is 0 Å². The van der Waals surface area contributed by atoms with Gasteiger partial charge in [0.1, 0.15) is 0 Å². The maximum atomic E-state index is 12.1. The Bertz CT molecular complexity index is 234. The molecule has 2 aliphatic rings. The topological polar surface area (TPSA) is 41.6 Å². The van der Waals surface area contributed by atoms with Gasteiger partial charge in [-0.15, -0.1) is 12.4 Å². The Labute approximate surface area is 103 Å². The summed E-state index contributed by atoms with van der Waals surface area (Å²) in [5.41, 5.74) is 0. The van der Waals surface area contributed by atoms with Gasteiger partial charge in [-0.05, 0) is 33.2 Å². The monoisotopic (exact) mass is 248 g/mol. The van der Waals surface area contributed by atoms with Gasteiger partial charge in [-0.25, -0.2) is 0 Å². The molecule has 2 fully saturated rings. The van der Waals surface area contributed by atoms with Crippen LogP contribution < -0.4 is 5.32 Å². The maximum Gasteiger partial charge on any atom is 0.239 e. The van der Waals surface area contributed by atoms with Crippen LogP contribution in [0.5, 0.6) is 0 Å². The quantitative estimate of drug-likeness (QED) is 0.746. The van der Waals surface area contributed by atoms with Crippen molar-refractivity contribution >= 4 is 18.3 Å². The molecule has 0 bridgehead atoms. The number of nitrogens with zero attached hydrogens (tertiary/aromatic N) is 1. The van der Waals surface area contributed by atoms with E-state index in [2.05, 4.69) is 5.32 Å². The van der Waals surface area contributed by atoms with E-state index in [-0.39, 0.29) is 36.6 Å². The third-order valence-electron chi connectivity index (χ3n) is 3.09. The average molecular weight is 249 g/mol. The highest BCUT2D eigenvalue weighted by Gasteiger charge is 2.31. The number of hydrogen-bond acceptors (Lipinski definition) is 3. The third-order valence-corrected chi connectivity index (χ3v) is 3.09. The summed E-state index contributed by atoms with van der Waals surface area (Å²) in [6.45, 7) is 6.50. The zero-order valence-electron chi connectivity index (χ0n) is 9.94. The molecule has 3 atom stereocenters. The number of amides is 1. The Morgan fingerprint density at radius 2 is 1.94 bits per heavy atom. The van der Waals surface area contributed by atoms with Gasteiger partial charge in [0.15, 0.2) is 0 Å². The van der Waals surface area contributed by atoms with Crippen molar-refractivity contribution in [2.24, 2.45) is 0 Å². The highest BCUT2D eigenvalue weighted by Crippen LogP contribution is 2.15. The van der Waals surface area contributed by atoms with Crippen LogP contribution in [-0.4, -0.2) is 48.7 Å². The number of nitrogens with one attached hydrogen (secondary N) is 1. The molecular weight excluding hydrogens is 228 g/mol. The lowest BCUT2D eigenvalue weighted by Gasteiger charge is -2.36. The van der Waals surface area contributed by atoms with Crippen LogP contribution in [0.1, 0.15) is 26.7 Å². The molecule has 0 aromatic carbocycles. The van der Waals surface area contributed by atoms with E-state index in [1.54, 1.807) is 0 Å². The van der Waals surface area contributed by atoms with E-state index in [0.29, 0.717) is 0 Å². The van der Waals surface area contributed by atoms with Crippen molar-refractivity contribution < 1.29 is 9.53 Å². The molecule has 2 saturated heterocycles. The molecule has 1 N–H and O–H groups in total. The summed E-state index contributed by atoms with van der Waals surface area (Å²) < 4.78 is 5.61. The predicted molar refractivity (Wildman–Crippen MR) is 64.9 cm³/mol. The highest BCUT2D eigenvalue weighted by atomic mass is 35.5. The van der Waals surface area contributed by atoms with Crippen molar-refractivity contribution in [2.75, 3.05) is 19.6 Å². The van der Waals surface area contributed by atoms with Gasteiger partial charge in [-0.1, -0.05) is 0 Å². The normalized spacial score (nSPS) is 34.6. The summed E-state index contributed by atoms with van der Waals surface area (Å²) in [7, 11) is 0. The molecule has 16 heavy (non-hydrogen) atoms. The maximum absolute atomic E-state index is 12.1. The predicted octanol–water partition coefficient (Wildman–Crippen LogP) is 0.796. The summed E-state index contributed by atoms with van der Waals surface area (Å²) in [6, 6.07) is 0.0579. The number of carbonyl (C=O) groups is 1. The second-order valence-electron chi connectivity index (χ2n) is 4.65. The van der Waals surface area contributed by atoms with Crippen LogP contribution >= 0.6 is 12.4 Å². The van der Waals surface area contributed by atoms with Crippen molar-refractivity contribution in [3.05, 3.63) is 0 Å². The molecule has 2 aliphatic heterocycles. The van der Waals surface area contributed by atoms with Gasteiger partial charge >= 0.3 is 0 Å². The molecule has 0 saturated carbocycles. The first-order valence-corrected chi connectivity index (χ1v) is 5.84. The minimum Gasteiger partial charge on any atom is -0.372 e. The van der Waals surface area contributed by atoms with Crippen LogP contribution in [0.25, 0.3) is 0 Å². The van der Waals surface area contributed by atoms with Crippen molar-refractivity contribution in [1.82, 2.24) is 10.2 Å². The molecule has 0 aromatic heterocycles. The fourth-order valence-corrected chi connectivity index (χ4v) is 2.47. The zero-order chi connectivity index (χ0) is 10.8. The molecule has 0 radical (unpaired) electrons. The van der Waals surface area contributed by atoms with E-state index < -0.39 is 0 Å². The third kappa shape index (κ3) is 3.09. The smallest absolute Gasteiger partial charge is 0.239 e. The van der Waals surface area contributed by atoms with Gasteiger partial charge in [0, 0.05) is 13.1 Å². The molecule has 1 unspecified atom stereocenters. The van der Waals surface area contributed by atoms with E-state index in [1.165, 1.54) is 0 Å². The Kier molecular flexibility index (Phi) is 5.02. The van der Waals surface area contributed by atoms with Crippen LogP contribution in [0.3, 0.4) is 0 Å². The Balaban J connectivity index is 0.00000128. The van der Waals surface area contributed by atoms with Crippen molar-refractivity contribution in [1.29, 1.82) is 0 Å². The second kappa shape index (κ2) is 5.84. The zero-order valence-corrected chi connectivity index (χ0v) is 10.8. The van der Waals surface area contributed by atoms with Crippen molar-refractivity contribution in [3.63, 3.8) is 0 Å². The first kappa shape index (κ1) is 13.7. The average Bonchev–Trinajstić information content (AvgIpc) is 2.67. The number of rotatable bonds is 1. The highest BCUT2D eigenvalue weighted by molar-refractivity contribution is 5.85. The molecule has 1 amide bonds. The summed E-state index contributed by atoms with van der Waals surface area (Å²) in [6.07, 6.45) is 2.43. The first-order valence-electron chi connectivity index (χ1n) is 5.84. The summed E-state index contributed by atoms with van der Waals surface area (Å²) in [4.78, 5) is 14.0. The molecule has 0 aliphatic carbocycles. The molecule has 2 rings (SSSR count). The summed E-state index contributed by atoms with van der Waals surface area (Å²) in [5, 5.41) is 3.25. The van der Waals surface area contributed by atoms with Crippen LogP contribution in [0.4, 0.5) is 0 Å². The lowest BCUT2D eigenvalue weighted by molar-refractivity contribution is -0.145. The number of carbonyl (C=O) groups excluding carboxylic acids is 1. The van der Waals surface area contributed by atoms with Crippen molar-refractivity contribution in [3.8, 4) is 0 Å². The molecule has 0 aromatic rings. The molecule has 0 spiro atoms. The van der Waals surface area contributed by atoms with Gasteiger partial charge in [0.25, 0.3) is 0 Å². The SMILES string of the molecule is C[C@@H]1CN(C(=O)C2CCCN2)C[C@H](C)O1.Cl. The molecular formula is C11H21ClN2O2. The fourth-order valence-electron chi connectivity index (χ4n) is 2.47. The molecule has 94 valence electrons. The van der Waals surface area contributed by atoms with E-state index in [4.69, 9.17) is 4.74 Å². The number of morpholine rings is 1. The van der Waals surface area contributed by atoms with Gasteiger partial charge < -0.3 is 15.0 Å². The fraction of sp³-hybridized carbons (Fsp3) is 0.909. The van der Waals surface area contributed by atoms with Gasteiger partial charge in [0.2, 0.25) is 5.91 Å². The van der Waals surface area contributed by atoms with Crippen molar-refractivity contribution in [2.45, 2.75) is 44.9 Å². The minimum absolute atomic E-state index is 0. The van der Waals surface area contributed by atoms with Gasteiger partial charge in [-0.2, -0.15) is 0 Å². The van der Waals surface area contributed by atoms with Crippen LogP contribution in [-0.2, 0) is 9.53 Å². The molecule has 4 nitrogen and oxygen atoms in total. The van der Waals surface area contributed by atoms with E-state index in [9.17, 15) is 4.79 Å². The molecule has 2 heterocycles. The Hall–Kier alpha value is -0.320. The minimum atomic E-state index is 0. The Morgan fingerprint density at radius 1 is 1.31 bits per heavy atom. The lowest BCUT2D eigenvalue weighted by atomic mass is 10.1. The van der Waals surface area contributed by atoms with Crippen LogP contribution in [0, 0.1) is 0 Å². The number of hydrogen-bond donors (Lipinski definition) is 1. The lowest BCUT2D eigenvalue weighted by Crippen LogP contribution is -2.53. The number of ether oxygens (including phenoxy) is 1. The van der Waals surface area contributed by atoms with Gasteiger partial charge in [0.05, 0.1) is 18.2 Å². The standard InChI is InChI=1S/C11H20N2O2.ClH/c1-8-6-13(7-9(2)15-8)11(14)10-4-3-5-12-10;/h8-10,12H,3-7H2,1-2H3;1H/t8-,9+,10?;.